The summed E-state index contributed by atoms with van der Waals surface area (Å²) in [6.07, 6.45) is 0. The molecule has 1 aromatic carbocycles. The van der Waals surface area contributed by atoms with Crippen LogP contribution in [-0.4, -0.2) is 37.5 Å². The van der Waals surface area contributed by atoms with Crippen LogP contribution in [0, 0.1) is 0 Å². The largest absolute Gasteiger partial charge is 0.350 e. The van der Waals surface area contributed by atoms with Crippen molar-refractivity contribution in [3.63, 3.8) is 0 Å². The number of benzene rings is 1. The molecule has 17 heavy (non-hydrogen) atoms. The minimum atomic E-state index is -2.88. The fourth-order valence-electron chi connectivity index (χ4n) is 1.70. The molecule has 92 valence electrons. The standard InChI is InChI=1S/C12H15F2N3/c1-17-8-7-15-11(17)16-9-12(13,14)10-5-3-2-4-6-10/h2-6H,7-9H2,1H3,(H,15,16). The van der Waals surface area contributed by atoms with Crippen LogP contribution < -0.4 is 5.32 Å². The Hall–Kier alpha value is -1.65. The Morgan fingerprint density at radius 1 is 1.35 bits per heavy atom. The first kappa shape index (κ1) is 11.8. The van der Waals surface area contributed by atoms with E-state index in [1.165, 1.54) is 12.1 Å². The summed E-state index contributed by atoms with van der Waals surface area (Å²) in [5, 5.41) is 2.70. The van der Waals surface area contributed by atoms with Gasteiger partial charge >= 0.3 is 0 Å². The number of nitrogens with one attached hydrogen (secondary N) is 1. The summed E-state index contributed by atoms with van der Waals surface area (Å²) in [5.41, 5.74) is 0.0220. The van der Waals surface area contributed by atoms with Crippen molar-refractivity contribution in [2.24, 2.45) is 4.99 Å². The molecule has 0 atom stereocenters. The topological polar surface area (TPSA) is 27.6 Å². The molecule has 0 spiro atoms. The first-order chi connectivity index (χ1) is 8.09. The second kappa shape index (κ2) is 4.69. The van der Waals surface area contributed by atoms with E-state index < -0.39 is 12.5 Å². The Labute approximate surface area is 99.2 Å². The van der Waals surface area contributed by atoms with Crippen molar-refractivity contribution in [2.45, 2.75) is 5.92 Å². The van der Waals surface area contributed by atoms with E-state index >= 15 is 0 Å². The van der Waals surface area contributed by atoms with Crippen molar-refractivity contribution < 1.29 is 8.78 Å². The van der Waals surface area contributed by atoms with Gasteiger partial charge in [-0.2, -0.15) is 8.78 Å². The molecule has 1 heterocycles. The molecule has 0 saturated carbocycles. The second-order valence-corrected chi connectivity index (χ2v) is 4.05. The number of hydrogen-bond donors (Lipinski definition) is 1. The van der Waals surface area contributed by atoms with Crippen LogP contribution in [0.4, 0.5) is 8.78 Å². The Morgan fingerprint density at radius 3 is 2.65 bits per heavy atom. The van der Waals surface area contributed by atoms with Crippen LogP contribution in [-0.2, 0) is 5.92 Å². The Kier molecular flexibility index (Phi) is 3.26. The van der Waals surface area contributed by atoms with E-state index in [4.69, 9.17) is 0 Å². The van der Waals surface area contributed by atoms with Crippen molar-refractivity contribution in [3.8, 4) is 0 Å². The van der Waals surface area contributed by atoms with Crippen LogP contribution in [0.5, 0.6) is 0 Å². The SMILES string of the molecule is CN1CCN=C1NCC(F)(F)c1ccccc1. The highest BCUT2D eigenvalue weighted by Crippen LogP contribution is 2.26. The zero-order chi connectivity index (χ0) is 12.3. The van der Waals surface area contributed by atoms with Gasteiger partial charge in [-0.3, -0.25) is 4.99 Å². The number of halogens is 2. The van der Waals surface area contributed by atoms with E-state index in [1.54, 1.807) is 18.2 Å². The summed E-state index contributed by atoms with van der Waals surface area (Å²) < 4.78 is 27.6. The van der Waals surface area contributed by atoms with E-state index in [2.05, 4.69) is 10.3 Å². The highest BCUT2D eigenvalue weighted by Gasteiger charge is 2.32. The van der Waals surface area contributed by atoms with E-state index in [-0.39, 0.29) is 5.56 Å². The fourth-order valence-corrected chi connectivity index (χ4v) is 1.70. The quantitative estimate of drug-likeness (QED) is 0.869. The number of nitrogens with zero attached hydrogens (tertiary/aromatic N) is 2. The molecule has 1 aliphatic rings. The average molecular weight is 239 g/mol. The monoisotopic (exact) mass is 239 g/mol. The minimum Gasteiger partial charge on any atom is -0.350 e. The van der Waals surface area contributed by atoms with Crippen LogP contribution in [0.1, 0.15) is 5.56 Å². The first-order valence-electron chi connectivity index (χ1n) is 5.52. The molecule has 5 heteroatoms. The molecule has 2 rings (SSSR count). The van der Waals surface area contributed by atoms with Crippen molar-refractivity contribution in [3.05, 3.63) is 35.9 Å². The molecule has 0 amide bonds. The van der Waals surface area contributed by atoms with E-state index in [9.17, 15) is 8.78 Å². The van der Waals surface area contributed by atoms with Gasteiger partial charge in [-0.1, -0.05) is 30.3 Å². The second-order valence-electron chi connectivity index (χ2n) is 4.05. The molecule has 0 saturated heterocycles. The summed E-state index contributed by atoms with van der Waals surface area (Å²) in [4.78, 5) is 5.95. The normalized spacial score (nSPS) is 15.9. The number of rotatable bonds is 3. The first-order valence-corrected chi connectivity index (χ1v) is 5.52. The zero-order valence-corrected chi connectivity index (χ0v) is 9.66. The summed E-state index contributed by atoms with van der Waals surface area (Å²) in [5.74, 6) is -2.34. The van der Waals surface area contributed by atoms with Gasteiger partial charge < -0.3 is 10.2 Å². The summed E-state index contributed by atoms with van der Waals surface area (Å²) >= 11 is 0. The van der Waals surface area contributed by atoms with Gasteiger partial charge in [-0.05, 0) is 0 Å². The van der Waals surface area contributed by atoms with Crippen LogP contribution in [0.2, 0.25) is 0 Å². The molecule has 1 N–H and O–H groups in total. The van der Waals surface area contributed by atoms with Gasteiger partial charge in [0.1, 0.15) is 0 Å². The Bertz CT molecular complexity index is 403. The van der Waals surface area contributed by atoms with Gasteiger partial charge in [0, 0.05) is 19.2 Å². The summed E-state index contributed by atoms with van der Waals surface area (Å²) in [6.45, 7) is 1.01. The highest BCUT2D eigenvalue weighted by atomic mass is 19.3. The van der Waals surface area contributed by atoms with Crippen molar-refractivity contribution in [1.82, 2.24) is 10.2 Å². The lowest BCUT2D eigenvalue weighted by Gasteiger charge is -2.20. The lowest BCUT2D eigenvalue weighted by Crippen LogP contribution is -2.41. The number of hydrogen-bond acceptors (Lipinski definition) is 3. The molecule has 0 aromatic heterocycles. The fraction of sp³-hybridized carbons (Fsp3) is 0.417. The van der Waals surface area contributed by atoms with Gasteiger partial charge in [-0.15, -0.1) is 0 Å². The smallest absolute Gasteiger partial charge is 0.290 e. The Morgan fingerprint density at radius 2 is 2.06 bits per heavy atom. The predicted molar refractivity (Wildman–Crippen MR) is 63.3 cm³/mol. The lowest BCUT2D eigenvalue weighted by molar-refractivity contribution is 0.000785. The van der Waals surface area contributed by atoms with Crippen molar-refractivity contribution in [2.75, 3.05) is 26.7 Å². The van der Waals surface area contributed by atoms with E-state index in [1.807, 2.05) is 11.9 Å². The molecule has 1 aliphatic heterocycles. The van der Waals surface area contributed by atoms with E-state index in [0.29, 0.717) is 12.5 Å². The maximum atomic E-state index is 13.8. The molecule has 0 unspecified atom stereocenters. The highest BCUT2D eigenvalue weighted by molar-refractivity contribution is 5.81. The van der Waals surface area contributed by atoms with Gasteiger partial charge in [0.2, 0.25) is 0 Å². The van der Waals surface area contributed by atoms with Gasteiger partial charge in [0.15, 0.2) is 5.96 Å². The van der Waals surface area contributed by atoms with E-state index in [0.717, 1.165) is 6.54 Å². The zero-order valence-electron chi connectivity index (χ0n) is 9.66. The minimum absolute atomic E-state index is 0.0220. The third-order valence-electron chi connectivity index (χ3n) is 2.72. The lowest BCUT2D eigenvalue weighted by atomic mass is 10.1. The van der Waals surface area contributed by atoms with Gasteiger partial charge in [-0.25, -0.2) is 0 Å². The van der Waals surface area contributed by atoms with Gasteiger partial charge in [0.05, 0.1) is 13.1 Å². The molecule has 0 radical (unpaired) electrons. The van der Waals surface area contributed by atoms with Crippen LogP contribution in [0.25, 0.3) is 0 Å². The molecule has 0 aliphatic carbocycles. The summed E-state index contributed by atoms with van der Waals surface area (Å²) in [7, 11) is 1.83. The molecule has 1 aromatic rings. The number of alkyl halides is 2. The third-order valence-corrected chi connectivity index (χ3v) is 2.72. The predicted octanol–water partition coefficient (Wildman–Crippen LogP) is 1.67. The van der Waals surface area contributed by atoms with Crippen molar-refractivity contribution >= 4 is 5.96 Å². The van der Waals surface area contributed by atoms with Gasteiger partial charge in [0.25, 0.3) is 5.92 Å². The summed E-state index contributed by atoms with van der Waals surface area (Å²) in [6, 6.07) is 7.82. The average Bonchev–Trinajstić information content (AvgIpc) is 2.74. The number of aliphatic imine (C=N–C) groups is 1. The maximum absolute atomic E-state index is 13.8. The number of guanidine groups is 1. The molecular weight excluding hydrogens is 224 g/mol. The molecule has 0 bridgehead atoms. The van der Waals surface area contributed by atoms with Crippen LogP contribution in [0.3, 0.4) is 0 Å². The third kappa shape index (κ3) is 2.72. The van der Waals surface area contributed by atoms with Crippen LogP contribution in [0.15, 0.2) is 35.3 Å². The molecule has 3 nitrogen and oxygen atoms in total. The number of likely N-dealkylation sites (N-methyl/N-ethyl adjacent to an activating group) is 1. The molecular formula is C12H15F2N3. The van der Waals surface area contributed by atoms with Crippen LogP contribution >= 0.6 is 0 Å². The maximum Gasteiger partial charge on any atom is 0.290 e. The Balaban J connectivity index is 1.98. The molecule has 0 fully saturated rings. The van der Waals surface area contributed by atoms with Crippen molar-refractivity contribution in [1.29, 1.82) is 0 Å².